The molecule has 3 heterocycles. The minimum atomic E-state index is -0.0755. The molecule has 0 amide bonds. The molecule has 0 saturated carbocycles. The van der Waals surface area contributed by atoms with Crippen LogP contribution in [0.5, 0.6) is 0 Å². The monoisotopic (exact) mass is 644 g/mol. The number of para-hydroxylation sites is 3. The zero-order valence-corrected chi connectivity index (χ0v) is 28.1. The van der Waals surface area contributed by atoms with Crippen molar-refractivity contribution in [2.24, 2.45) is 0 Å². The number of fused-ring (bicyclic) bond motifs is 9. The van der Waals surface area contributed by atoms with Crippen molar-refractivity contribution in [2.75, 3.05) is 4.90 Å². The molecule has 0 aliphatic carbocycles. The van der Waals surface area contributed by atoms with Gasteiger partial charge in [-0.05, 0) is 52.6 Å². The van der Waals surface area contributed by atoms with Gasteiger partial charge in [0.15, 0.2) is 0 Å². The summed E-state index contributed by atoms with van der Waals surface area (Å²) in [5.74, 6) is 0. The number of anilines is 3. The lowest BCUT2D eigenvalue weighted by Gasteiger charge is -2.42. The number of hydrogen-bond donors (Lipinski definition) is 0. The summed E-state index contributed by atoms with van der Waals surface area (Å²) < 4.78 is 2.63. The fourth-order valence-corrected chi connectivity index (χ4v) is 9.47. The molecule has 3 heteroatoms. The van der Waals surface area contributed by atoms with Crippen molar-refractivity contribution < 1.29 is 0 Å². The largest absolute Gasteiger partial charge is 0.310 e. The number of thiophene rings is 1. The van der Waals surface area contributed by atoms with Crippen LogP contribution in [-0.4, -0.2) is 4.98 Å². The van der Waals surface area contributed by atoms with Crippen molar-refractivity contribution in [3.8, 4) is 22.4 Å². The average Bonchev–Trinajstić information content (AvgIpc) is 3.54. The van der Waals surface area contributed by atoms with Crippen LogP contribution in [0.2, 0.25) is 0 Å². The molecule has 2 nitrogen and oxygen atoms in total. The third kappa shape index (κ3) is 4.16. The third-order valence-electron chi connectivity index (χ3n) is 10.4. The Bertz CT molecular complexity index is 2690. The first-order chi connectivity index (χ1) is 24.1. The van der Waals surface area contributed by atoms with Crippen molar-refractivity contribution in [2.45, 2.75) is 19.3 Å². The van der Waals surface area contributed by atoms with Gasteiger partial charge >= 0.3 is 0 Å². The lowest BCUT2D eigenvalue weighted by atomic mass is 9.73. The first-order valence-corrected chi connectivity index (χ1v) is 17.7. The zero-order valence-electron chi connectivity index (χ0n) is 27.3. The van der Waals surface area contributed by atoms with Gasteiger partial charge in [0.05, 0.1) is 22.6 Å². The lowest BCUT2D eigenvalue weighted by molar-refractivity contribution is 0.632. The summed E-state index contributed by atoms with van der Waals surface area (Å²) in [6.45, 7) is 4.67. The summed E-state index contributed by atoms with van der Waals surface area (Å²) in [5.41, 5.74) is 12.0. The summed E-state index contributed by atoms with van der Waals surface area (Å²) in [6, 6.07) is 57.4. The van der Waals surface area contributed by atoms with Gasteiger partial charge in [-0.25, -0.2) is 4.98 Å². The van der Waals surface area contributed by atoms with Gasteiger partial charge in [-0.1, -0.05) is 141 Å². The quantitative estimate of drug-likeness (QED) is 0.178. The molecule has 9 aromatic rings. The predicted molar refractivity (Wildman–Crippen MR) is 210 cm³/mol. The Morgan fingerprint density at radius 2 is 1.10 bits per heavy atom. The van der Waals surface area contributed by atoms with Crippen LogP contribution < -0.4 is 4.90 Å². The van der Waals surface area contributed by atoms with Gasteiger partial charge in [0, 0.05) is 53.0 Å². The second-order valence-corrected chi connectivity index (χ2v) is 14.6. The topological polar surface area (TPSA) is 16.1 Å². The molecule has 0 radical (unpaired) electrons. The van der Waals surface area contributed by atoms with Gasteiger partial charge in [-0.15, -0.1) is 11.3 Å². The summed E-state index contributed by atoms with van der Waals surface area (Å²) in [6.07, 6.45) is 0. The Morgan fingerprint density at radius 1 is 0.490 bits per heavy atom. The van der Waals surface area contributed by atoms with Crippen molar-refractivity contribution in [3.63, 3.8) is 0 Å². The van der Waals surface area contributed by atoms with Gasteiger partial charge in [-0.2, -0.15) is 0 Å². The molecule has 0 bridgehead atoms. The van der Waals surface area contributed by atoms with Crippen LogP contribution in [0.1, 0.15) is 25.0 Å². The Kier molecular flexibility index (Phi) is 6.12. The van der Waals surface area contributed by atoms with Crippen molar-refractivity contribution in [3.05, 3.63) is 169 Å². The molecule has 232 valence electrons. The Balaban J connectivity index is 1.15. The second-order valence-electron chi connectivity index (χ2n) is 13.5. The van der Waals surface area contributed by atoms with Crippen LogP contribution in [0.15, 0.2) is 158 Å². The van der Waals surface area contributed by atoms with E-state index in [-0.39, 0.29) is 5.41 Å². The smallest absolute Gasteiger partial charge is 0.0788 e. The van der Waals surface area contributed by atoms with E-state index in [9.17, 15) is 0 Å². The molecule has 0 spiro atoms. The van der Waals surface area contributed by atoms with E-state index in [0.717, 1.165) is 16.8 Å². The first-order valence-electron chi connectivity index (χ1n) is 16.9. The number of hydrogen-bond acceptors (Lipinski definition) is 3. The van der Waals surface area contributed by atoms with Crippen LogP contribution >= 0.6 is 11.3 Å². The zero-order chi connectivity index (χ0) is 32.7. The highest BCUT2D eigenvalue weighted by atomic mass is 32.1. The van der Waals surface area contributed by atoms with E-state index in [1.165, 1.54) is 75.6 Å². The maximum absolute atomic E-state index is 5.18. The van der Waals surface area contributed by atoms with Gasteiger partial charge < -0.3 is 4.90 Å². The van der Waals surface area contributed by atoms with Crippen molar-refractivity contribution >= 4 is 70.2 Å². The molecule has 1 aliphatic heterocycles. The molecule has 0 unspecified atom stereocenters. The third-order valence-corrected chi connectivity index (χ3v) is 11.7. The van der Waals surface area contributed by atoms with Gasteiger partial charge in [0.25, 0.3) is 0 Å². The van der Waals surface area contributed by atoms with Crippen LogP contribution in [0, 0.1) is 0 Å². The average molecular weight is 645 g/mol. The number of aromatic nitrogens is 1. The molecule has 49 heavy (non-hydrogen) atoms. The Labute approximate surface area is 289 Å². The molecule has 7 aromatic carbocycles. The Hall–Kier alpha value is -5.77. The SMILES string of the molecule is CC1(C)c2ccccc2N(c2ccc(-c3cccc4c3sc3c4ccc4c(-c5ccccc5)nc5ccccc5c43)cc2)c2ccccc21. The maximum atomic E-state index is 5.18. The van der Waals surface area contributed by atoms with E-state index in [1.54, 1.807) is 0 Å². The minimum Gasteiger partial charge on any atom is -0.310 e. The van der Waals surface area contributed by atoms with Crippen molar-refractivity contribution in [1.29, 1.82) is 0 Å². The second kappa shape index (κ2) is 10.6. The summed E-state index contributed by atoms with van der Waals surface area (Å²) in [7, 11) is 0. The predicted octanol–water partition coefficient (Wildman–Crippen LogP) is 13.2. The van der Waals surface area contributed by atoms with E-state index < -0.39 is 0 Å². The van der Waals surface area contributed by atoms with Crippen LogP contribution in [0.3, 0.4) is 0 Å². The molecular formula is C46H32N2S. The molecule has 10 rings (SSSR count). The van der Waals surface area contributed by atoms with E-state index in [2.05, 4.69) is 176 Å². The fourth-order valence-electron chi connectivity index (χ4n) is 8.07. The van der Waals surface area contributed by atoms with E-state index in [4.69, 9.17) is 4.98 Å². The van der Waals surface area contributed by atoms with Crippen molar-refractivity contribution in [1.82, 2.24) is 4.98 Å². The van der Waals surface area contributed by atoms with Gasteiger partial charge in [0.1, 0.15) is 0 Å². The standard InChI is InChI=1S/C46H32N2S/c1-46(2)37-18-7-10-21-40(37)48(41-22-11-8-19-38(41)46)31-25-23-29(24-26-31)32-16-12-17-33-34-27-28-36-42(45(34)49-44(32)33)35-15-6-9-20-39(35)47-43(36)30-13-4-3-5-14-30/h3-28H,1-2H3. The van der Waals surface area contributed by atoms with E-state index in [1.807, 2.05) is 11.3 Å². The van der Waals surface area contributed by atoms with E-state index >= 15 is 0 Å². The minimum absolute atomic E-state index is 0.0755. The molecular weight excluding hydrogens is 613 g/mol. The number of nitrogens with zero attached hydrogens (tertiary/aromatic N) is 2. The summed E-state index contributed by atoms with van der Waals surface area (Å²) in [4.78, 5) is 7.61. The highest BCUT2D eigenvalue weighted by molar-refractivity contribution is 7.27. The van der Waals surface area contributed by atoms with E-state index in [0.29, 0.717) is 0 Å². The highest BCUT2D eigenvalue weighted by Gasteiger charge is 2.36. The normalized spacial score (nSPS) is 13.6. The molecule has 1 aliphatic rings. The molecule has 0 saturated heterocycles. The number of pyridine rings is 1. The summed E-state index contributed by atoms with van der Waals surface area (Å²) in [5, 5.41) is 6.28. The molecule has 0 atom stereocenters. The fraction of sp³-hybridized carbons (Fsp3) is 0.0652. The maximum Gasteiger partial charge on any atom is 0.0788 e. The number of rotatable bonds is 3. The van der Waals surface area contributed by atoms with Gasteiger partial charge in [0.2, 0.25) is 0 Å². The van der Waals surface area contributed by atoms with Crippen LogP contribution in [-0.2, 0) is 5.41 Å². The molecule has 2 aromatic heterocycles. The first kappa shape index (κ1) is 28.3. The van der Waals surface area contributed by atoms with Gasteiger partial charge in [-0.3, -0.25) is 0 Å². The molecule has 0 N–H and O–H groups in total. The lowest BCUT2D eigenvalue weighted by Crippen LogP contribution is -2.30. The van der Waals surface area contributed by atoms with Crippen LogP contribution in [0.25, 0.3) is 64.2 Å². The Morgan fingerprint density at radius 3 is 1.86 bits per heavy atom. The summed E-state index contributed by atoms with van der Waals surface area (Å²) >= 11 is 1.91. The highest BCUT2D eigenvalue weighted by Crippen LogP contribution is 2.52. The van der Waals surface area contributed by atoms with Crippen LogP contribution in [0.4, 0.5) is 17.1 Å². The molecule has 0 fully saturated rings. The number of benzene rings is 7.